The molecule has 0 aromatic heterocycles. The van der Waals surface area contributed by atoms with Gasteiger partial charge in [-0.3, -0.25) is 9.59 Å². The van der Waals surface area contributed by atoms with Gasteiger partial charge >= 0.3 is 11.9 Å². The molecule has 1 N–H and O–H groups in total. The second-order valence-corrected chi connectivity index (χ2v) is 13.7. The standard InChI is InChI=1S/C39H77NO5/c1-5-8-11-14-17-23-30-37(29-22-16-12-9-6-2)45-39(43)32-25-20-21-28-36(41)35-40(4)33-26-19-15-18-24-31-38(42)44-34-27-13-10-7-3/h36-37,41H,5-35H2,1-4H3. The molecule has 0 radical (unpaired) electrons. The SMILES string of the molecule is CCCCCCCCC(CCCCCCC)OC(=O)CCCCCC(O)CN(C)CCCCCCCC(=O)OCCCCCC. The molecule has 0 spiro atoms. The molecule has 0 aliphatic rings. The third-order valence-corrected chi connectivity index (χ3v) is 8.93. The summed E-state index contributed by atoms with van der Waals surface area (Å²) in [4.78, 5) is 26.6. The third kappa shape index (κ3) is 32.6. The summed E-state index contributed by atoms with van der Waals surface area (Å²) >= 11 is 0. The Labute approximate surface area is 280 Å². The molecule has 2 atom stereocenters. The lowest BCUT2D eigenvalue weighted by atomic mass is 10.0. The summed E-state index contributed by atoms with van der Waals surface area (Å²) in [5.41, 5.74) is 0. The normalized spacial score (nSPS) is 12.8. The number of carbonyl (C=O) groups is 2. The summed E-state index contributed by atoms with van der Waals surface area (Å²) < 4.78 is 11.3. The minimum absolute atomic E-state index is 0.0300. The zero-order chi connectivity index (χ0) is 33.2. The van der Waals surface area contributed by atoms with Gasteiger partial charge in [-0.2, -0.15) is 0 Å². The maximum atomic E-state index is 12.6. The van der Waals surface area contributed by atoms with E-state index in [0.29, 0.717) is 26.0 Å². The first-order valence-electron chi connectivity index (χ1n) is 19.6. The molecule has 268 valence electrons. The molecular formula is C39H77NO5. The van der Waals surface area contributed by atoms with E-state index in [1.807, 2.05) is 0 Å². The van der Waals surface area contributed by atoms with Crippen molar-refractivity contribution in [1.29, 1.82) is 0 Å². The third-order valence-electron chi connectivity index (χ3n) is 8.93. The van der Waals surface area contributed by atoms with E-state index < -0.39 is 0 Å². The van der Waals surface area contributed by atoms with Crippen LogP contribution >= 0.6 is 0 Å². The number of ether oxygens (including phenoxy) is 2. The van der Waals surface area contributed by atoms with Crippen LogP contribution in [0.15, 0.2) is 0 Å². The van der Waals surface area contributed by atoms with Crippen LogP contribution in [0, 0.1) is 0 Å². The van der Waals surface area contributed by atoms with Crippen molar-refractivity contribution < 1.29 is 24.2 Å². The predicted octanol–water partition coefficient (Wildman–Crippen LogP) is 10.7. The van der Waals surface area contributed by atoms with E-state index in [4.69, 9.17) is 9.47 Å². The van der Waals surface area contributed by atoms with Crippen LogP contribution in [0.4, 0.5) is 0 Å². The molecular weight excluding hydrogens is 562 g/mol. The molecule has 0 saturated carbocycles. The number of carbonyl (C=O) groups excluding carboxylic acids is 2. The molecule has 0 aliphatic carbocycles. The van der Waals surface area contributed by atoms with E-state index in [9.17, 15) is 14.7 Å². The largest absolute Gasteiger partial charge is 0.466 e. The van der Waals surface area contributed by atoms with Crippen molar-refractivity contribution in [1.82, 2.24) is 4.90 Å². The van der Waals surface area contributed by atoms with E-state index >= 15 is 0 Å². The topological polar surface area (TPSA) is 76.1 Å². The van der Waals surface area contributed by atoms with Crippen molar-refractivity contribution in [2.75, 3.05) is 26.7 Å². The molecule has 45 heavy (non-hydrogen) atoms. The first kappa shape index (κ1) is 43.9. The molecule has 0 saturated heterocycles. The molecule has 0 heterocycles. The molecule has 2 unspecified atom stereocenters. The molecule has 0 amide bonds. The summed E-state index contributed by atoms with van der Waals surface area (Å²) in [6.45, 7) is 8.94. The summed E-state index contributed by atoms with van der Waals surface area (Å²) in [5.74, 6) is -0.0753. The van der Waals surface area contributed by atoms with Gasteiger partial charge in [-0.25, -0.2) is 0 Å². The average Bonchev–Trinajstić information content (AvgIpc) is 3.01. The van der Waals surface area contributed by atoms with Crippen LogP contribution in [-0.2, 0) is 19.1 Å². The van der Waals surface area contributed by atoms with Crippen molar-refractivity contribution in [2.24, 2.45) is 0 Å². The van der Waals surface area contributed by atoms with Crippen molar-refractivity contribution in [3.63, 3.8) is 0 Å². The van der Waals surface area contributed by atoms with E-state index in [1.165, 1.54) is 77.0 Å². The zero-order valence-electron chi connectivity index (χ0n) is 30.6. The minimum atomic E-state index is -0.315. The molecule has 0 rings (SSSR count). The van der Waals surface area contributed by atoms with Gasteiger partial charge in [0, 0.05) is 19.4 Å². The first-order valence-corrected chi connectivity index (χ1v) is 19.6. The van der Waals surface area contributed by atoms with Crippen LogP contribution < -0.4 is 0 Å². The Hall–Kier alpha value is -1.14. The van der Waals surface area contributed by atoms with Crippen LogP contribution in [0.1, 0.15) is 201 Å². The lowest BCUT2D eigenvalue weighted by molar-refractivity contribution is -0.150. The fourth-order valence-corrected chi connectivity index (χ4v) is 5.97. The van der Waals surface area contributed by atoms with Gasteiger partial charge in [0.1, 0.15) is 6.10 Å². The highest BCUT2D eigenvalue weighted by atomic mass is 16.5. The van der Waals surface area contributed by atoms with Crippen molar-refractivity contribution in [3.8, 4) is 0 Å². The summed E-state index contributed by atoms with van der Waals surface area (Å²) in [6, 6.07) is 0. The van der Waals surface area contributed by atoms with Gasteiger partial charge in [-0.05, 0) is 71.4 Å². The molecule has 0 aliphatic heterocycles. The Kier molecular flexibility index (Phi) is 33.3. The highest BCUT2D eigenvalue weighted by Gasteiger charge is 2.15. The molecule has 0 bridgehead atoms. The number of unbranched alkanes of at least 4 members (excludes halogenated alkanes) is 18. The summed E-state index contributed by atoms with van der Waals surface area (Å²) in [6.07, 6.45) is 30.2. The van der Waals surface area contributed by atoms with E-state index in [1.54, 1.807) is 0 Å². The zero-order valence-corrected chi connectivity index (χ0v) is 30.6. The highest BCUT2D eigenvalue weighted by Crippen LogP contribution is 2.18. The lowest BCUT2D eigenvalue weighted by Gasteiger charge is -2.20. The number of likely N-dealkylation sites (N-methyl/N-ethyl adjacent to an activating group) is 1. The molecule has 0 aromatic rings. The Morgan fingerprint density at radius 1 is 0.556 bits per heavy atom. The van der Waals surface area contributed by atoms with Crippen molar-refractivity contribution in [3.05, 3.63) is 0 Å². The molecule has 0 aromatic carbocycles. The predicted molar refractivity (Wildman–Crippen MR) is 191 cm³/mol. The van der Waals surface area contributed by atoms with Gasteiger partial charge in [0.05, 0.1) is 12.7 Å². The number of hydrogen-bond acceptors (Lipinski definition) is 6. The van der Waals surface area contributed by atoms with Crippen LogP contribution in [-0.4, -0.2) is 60.9 Å². The van der Waals surface area contributed by atoms with Gasteiger partial charge in [0.25, 0.3) is 0 Å². The first-order chi connectivity index (χ1) is 21.9. The number of aliphatic hydroxyl groups is 1. The van der Waals surface area contributed by atoms with Crippen LogP contribution in [0.5, 0.6) is 0 Å². The Balaban J connectivity index is 3.89. The number of aliphatic hydroxyl groups excluding tert-OH is 1. The maximum absolute atomic E-state index is 12.6. The van der Waals surface area contributed by atoms with E-state index in [-0.39, 0.29) is 24.1 Å². The van der Waals surface area contributed by atoms with Gasteiger partial charge in [-0.15, -0.1) is 0 Å². The highest BCUT2D eigenvalue weighted by molar-refractivity contribution is 5.69. The van der Waals surface area contributed by atoms with Gasteiger partial charge in [0.2, 0.25) is 0 Å². The van der Waals surface area contributed by atoms with Crippen LogP contribution in [0.25, 0.3) is 0 Å². The van der Waals surface area contributed by atoms with Gasteiger partial charge < -0.3 is 19.5 Å². The lowest BCUT2D eigenvalue weighted by Crippen LogP contribution is -2.29. The number of nitrogens with zero attached hydrogens (tertiary/aromatic N) is 1. The Morgan fingerprint density at radius 3 is 1.60 bits per heavy atom. The Morgan fingerprint density at radius 2 is 1.00 bits per heavy atom. The second-order valence-electron chi connectivity index (χ2n) is 13.7. The number of rotatable bonds is 35. The van der Waals surface area contributed by atoms with Crippen LogP contribution in [0.3, 0.4) is 0 Å². The molecule has 6 heteroatoms. The summed E-state index contributed by atoms with van der Waals surface area (Å²) in [5, 5.41) is 10.5. The van der Waals surface area contributed by atoms with Crippen molar-refractivity contribution >= 4 is 11.9 Å². The average molecular weight is 640 g/mol. The molecule has 6 nitrogen and oxygen atoms in total. The maximum Gasteiger partial charge on any atom is 0.306 e. The number of hydrogen-bond donors (Lipinski definition) is 1. The minimum Gasteiger partial charge on any atom is -0.466 e. The monoisotopic (exact) mass is 640 g/mol. The van der Waals surface area contributed by atoms with E-state index in [0.717, 1.165) is 96.4 Å². The molecule has 0 fully saturated rings. The fourth-order valence-electron chi connectivity index (χ4n) is 5.97. The smallest absolute Gasteiger partial charge is 0.306 e. The number of esters is 2. The van der Waals surface area contributed by atoms with E-state index in [2.05, 4.69) is 32.7 Å². The second kappa shape index (κ2) is 34.2. The fraction of sp³-hybridized carbons (Fsp3) is 0.949. The van der Waals surface area contributed by atoms with Gasteiger partial charge in [-0.1, -0.05) is 130 Å². The van der Waals surface area contributed by atoms with Gasteiger partial charge in [0.15, 0.2) is 0 Å². The summed E-state index contributed by atoms with van der Waals surface area (Å²) in [7, 11) is 2.08. The quantitative estimate of drug-likeness (QED) is 0.0549. The van der Waals surface area contributed by atoms with Crippen LogP contribution in [0.2, 0.25) is 0 Å². The Bertz CT molecular complexity index is 643. The van der Waals surface area contributed by atoms with Crippen molar-refractivity contribution in [2.45, 2.75) is 213 Å².